The average molecular weight is 493 g/mol. The Balaban J connectivity index is 1.46. The van der Waals surface area contributed by atoms with Gasteiger partial charge in [-0.1, -0.05) is 35.5 Å². The number of rotatable bonds is 8. The van der Waals surface area contributed by atoms with Gasteiger partial charge in [-0.25, -0.2) is 10.2 Å². The third-order valence-corrected chi connectivity index (χ3v) is 5.73. The molecular formula is C23H17ClN6O3S. The predicted octanol–water partition coefficient (Wildman–Crippen LogP) is 3.92. The minimum absolute atomic E-state index is 0.0529. The van der Waals surface area contributed by atoms with Crippen molar-refractivity contribution in [1.82, 2.24) is 25.2 Å². The summed E-state index contributed by atoms with van der Waals surface area (Å²) in [6, 6.07) is 17.0. The molecule has 34 heavy (non-hydrogen) atoms. The summed E-state index contributed by atoms with van der Waals surface area (Å²) >= 11 is 7.25. The van der Waals surface area contributed by atoms with Crippen LogP contribution in [0.4, 0.5) is 0 Å². The van der Waals surface area contributed by atoms with Crippen molar-refractivity contribution in [3.63, 3.8) is 0 Å². The minimum Gasteiger partial charge on any atom is -0.478 e. The number of pyridine rings is 1. The van der Waals surface area contributed by atoms with Gasteiger partial charge in [-0.15, -0.1) is 10.2 Å². The molecule has 4 rings (SSSR count). The van der Waals surface area contributed by atoms with E-state index in [9.17, 15) is 9.59 Å². The number of carbonyl (C=O) groups is 2. The maximum atomic E-state index is 12.3. The molecule has 0 fully saturated rings. The van der Waals surface area contributed by atoms with E-state index in [2.05, 4.69) is 25.7 Å². The normalized spacial score (nSPS) is 11.0. The molecule has 0 radical (unpaired) electrons. The van der Waals surface area contributed by atoms with E-state index in [0.717, 1.165) is 11.3 Å². The van der Waals surface area contributed by atoms with Crippen LogP contribution in [-0.4, -0.2) is 48.7 Å². The van der Waals surface area contributed by atoms with E-state index in [1.807, 2.05) is 28.8 Å². The molecule has 2 aromatic heterocycles. The quantitative estimate of drug-likeness (QED) is 0.217. The number of hydrazone groups is 1. The van der Waals surface area contributed by atoms with Gasteiger partial charge >= 0.3 is 5.97 Å². The van der Waals surface area contributed by atoms with Crippen LogP contribution in [0, 0.1) is 0 Å². The Morgan fingerprint density at radius 2 is 1.74 bits per heavy atom. The number of aromatic carboxylic acids is 1. The second kappa shape index (κ2) is 10.7. The van der Waals surface area contributed by atoms with Crippen LogP contribution >= 0.6 is 23.4 Å². The van der Waals surface area contributed by atoms with Gasteiger partial charge < -0.3 is 5.11 Å². The number of aromatic nitrogens is 4. The van der Waals surface area contributed by atoms with Gasteiger partial charge in [0, 0.05) is 28.7 Å². The van der Waals surface area contributed by atoms with Crippen LogP contribution in [0.25, 0.3) is 17.1 Å². The first-order chi connectivity index (χ1) is 16.5. The fourth-order valence-corrected chi connectivity index (χ4v) is 3.80. The van der Waals surface area contributed by atoms with Gasteiger partial charge in [-0.2, -0.15) is 5.10 Å². The molecule has 2 N–H and O–H groups in total. The van der Waals surface area contributed by atoms with Crippen molar-refractivity contribution in [3.8, 4) is 17.1 Å². The van der Waals surface area contributed by atoms with Gasteiger partial charge in [0.15, 0.2) is 11.0 Å². The number of nitrogens with one attached hydrogen (secondary N) is 1. The van der Waals surface area contributed by atoms with E-state index in [4.69, 9.17) is 16.7 Å². The Kier molecular flexibility index (Phi) is 7.31. The highest BCUT2D eigenvalue weighted by Crippen LogP contribution is 2.28. The van der Waals surface area contributed by atoms with Gasteiger partial charge in [-0.05, 0) is 54.1 Å². The largest absolute Gasteiger partial charge is 0.478 e. The standard InChI is InChI=1S/C23H17ClN6O3S/c24-18-5-7-19(8-6-18)30-21(16-9-11-25-12-10-16)28-29-23(30)34-14-20(31)27-26-13-15-1-3-17(4-2-15)22(32)33/h1-13H,14H2,(H,27,31)(H,32,33). The number of carboxylic acids is 1. The van der Waals surface area contributed by atoms with Gasteiger partial charge in [-0.3, -0.25) is 14.3 Å². The van der Waals surface area contributed by atoms with E-state index in [-0.39, 0.29) is 17.2 Å². The highest BCUT2D eigenvalue weighted by molar-refractivity contribution is 7.99. The zero-order chi connectivity index (χ0) is 23.9. The van der Waals surface area contributed by atoms with E-state index in [0.29, 0.717) is 21.6 Å². The van der Waals surface area contributed by atoms with Gasteiger partial charge in [0.1, 0.15) is 0 Å². The van der Waals surface area contributed by atoms with Crippen LogP contribution in [0.5, 0.6) is 0 Å². The Labute approximate surface area is 203 Å². The highest BCUT2D eigenvalue weighted by atomic mass is 35.5. The van der Waals surface area contributed by atoms with Crippen molar-refractivity contribution in [2.45, 2.75) is 5.16 Å². The lowest BCUT2D eigenvalue weighted by Gasteiger charge is -2.10. The average Bonchev–Trinajstić information content (AvgIpc) is 3.28. The molecule has 0 saturated heterocycles. The topological polar surface area (TPSA) is 122 Å². The lowest BCUT2D eigenvalue weighted by Crippen LogP contribution is -2.20. The molecule has 170 valence electrons. The Bertz CT molecular complexity index is 1330. The number of amides is 1. The summed E-state index contributed by atoms with van der Waals surface area (Å²) in [4.78, 5) is 27.3. The Morgan fingerprint density at radius 3 is 2.41 bits per heavy atom. The molecule has 0 bridgehead atoms. The number of thioether (sulfide) groups is 1. The smallest absolute Gasteiger partial charge is 0.335 e. The van der Waals surface area contributed by atoms with Crippen molar-refractivity contribution in [2.24, 2.45) is 5.10 Å². The molecule has 4 aromatic rings. The zero-order valence-corrected chi connectivity index (χ0v) is 19.1. The molecule has 0 saturated carbocycles. The van der Waals surface area contributed by atoms with E-state index < -0.39 is 5.97 Å². The van der Waals surface area contributed by atoms with Crippen LogP contribution in [-0.2, 0) is 4.79 Å². The van der Waals surface area contributed by atoms with Crippen molar-refractivity contribution < 1.29 is 14.7 Å². The summed E-state index contributed by atoms with van der Waals surface area (Å²) in [7, 11) is 0. The second-order valence-electron chi connectivity index (χ2n) is 6.86. The minimum atomic E-state index is -1.01. The summed E-state index contributed by atoms with van der Waals surface area (Å²) < 4.78 is 1.84. The molecule has 0 aliphatic carbocycles. The lowest BCUT2D eigenvalue weighted by atomic mass is 10.1. The van der Waals surface area contributed by atoms with Crippen LogP contribution < -0.4 is 5.43 Å². The van der Waals surface area contributed by atoms with Crippen molar-refractivity contribution in [2.75, 3.05) is 5.75 Å². The summed E-state index contributed by atoms with van der Waals surface area (Å²) in [5.41, 5.74) is 4.91. The number of nitrogens with zero attached hydrogens (tertiary/aromatic N) is 5. The first-order valence-corrected chi connectivity index (χ1v) is 11.3. The van der Waals surface area contributed by atoms with Gasteiger partial charge in [0.2, 0.25) is 0 Å². The molecular weight excluding hydrogens is 476 g/mol. The maximum absolute atomic E-state index is 12.3. The number of halogens is 1. The summed E-state index contributed by atoms with van der Waals surface area (Å²) in [6.07, 6.45) is 4.78. The summed E-state index contributed by atoms with van der Waals surface area (Å²) in [5.74, 6) is -0.681. The molecule has 0 spiro atoms. The second-order valence-corrected chi connectivity index (χ2v) is 8.24. The number of hydrogen-bond donors (Lipinski definition) is 2. The molecule has 0 aliphatic heterocycles. The Hall–Kier alpha value is -4.02. The van der Waals surface area contributed by atoms with Crippen LogP contribution in [0.3, 0.4) is 0 Å². The number of hydrogen-bond acceptors (Lipinski definition) is 7. The monoisotopic (exact) mass is 492 g/mol. The molecule has 2 heterocycles. The maximum Gasteiger partial charge on any atom is 0.335 e. The van der Waals surface area contributed by atoms with Gasteiger partial charge in [0.25, 0.3) is 5.91 Å². The predicted molar refractivity (Wildman–Crippen MR) is 129 cm³/mol. The van der Waals surface area contributed by atoms with E-state index in [1.54, 1.807) is 36.7 Å². The SMILES string of the molecule is O=C(CSc1nnc(-c2ccncc2)n1-c1ccc(Cl)cc1)NN=Cc1ccc(C(=O)O)cc1. The van der Waals surface area contributed by atoms with Crippen molar-refractivity contribution in [3.05, 3.63) is 89.2 Å². The van der Waals surface area contributed by atoms with E-state index >= 15 is 0 Å². The number of carboxylic acid groups (broad SMARTS) is 1. The first kappa shape index (κ1) is 23.1. The van der Waals surface area contributed by atoms with Crippen LogP contribution in [0.1, 0.15) is 15.9 Å². The third-order valence-electron chi connectivity index (χ3n) is 4.55. The first-order valence-electron chi connectivity index (χ1n) is 9.91. The number of benzene rings is 2. The zero-order valence-electron chi connectivity index (χ0n) is 17.5. The van der Waals surface area contributed by atoms with Gasteiger partial charge in [0.05, 0.1) is 17.5 Å². The Morgan fingerprint density at radius 1 is 1.03 bits per heavy atom. The molecule has 0 unspecified atom stereocenters. The van der Waals surface area contributed by atoms with Crippen molar-refractivity contribution in [1.29, 1.82) is 0 Å². The fraction of sp³-hybridized carbons (Fsp3) is 0.0435. The fourth-order valence-electron chi connectivity index (χ4n) is 2.93. The van der Waals surface area contributed by atoms with Crippen LogP contribution in [0.15, 0.2) is 83.3 Å². The summed E-state index contributed by atoms with van der Waals surface area (Å²) in [5, 5.41) is 22.6. The van der Waals surface area contributed by atoms with Crippen molar-refractivity contribution >= 4 is 41.5 Å². The lowest BCUT2D eigenvalue weighted by molar-refractivity contribution is -0.118. The number of carbonyl (C=O) groups excluding carboxylic acids is 1. The molecule has 0 aliphatic rings. The van der Waals surface area contributed by atoms with Crippen LogP contribution in [0.2, 0.25) is 5.02 Å². The summed E-state index contributed by atoms with van der Waals surface area (Å²) in [6.45, 7) is 0. The molecule has 11 heteroatoms. The molecule has 9 nitrogen and oxygen atoms in total. The molecule has 2 aromatic carbocycles. The molecule has 0 atom stereocenters. The third kappa shape index (κ3) is 5.66. The van der Waals surface area contributed by atoms with E-state index in [1.165, 1.54) is 30.1 Å². The highest BCUT2D eigenvalue weighted by Gasteiger charge is 2.17. The molecule has 1 amide bonds.